The summed E-state index contributed by atoms with van der Waals surface area (Å²) >= 11 is 0. The highest BCUT2D eigenvalue weighted by atomic mass is 16.5. The van der Waals surface area contributed by atoms with Crippen molar-refractivity contribution >= 4 is 17.5 Å². The number of benzene rings is 1. The fourth-order valence-corrected chi connectivity index (χ4v) is 3.56. The standard InChI is InChI=1S/C21H32N2O3/c1-5-15-9-11-16(12-10-15)20(24)23-19(14(2)3)21(25)22-17-7-6-8-18(13-17)26-4/h6-8,13-16,19H,5,9-12H2,1-4H3,(H,22,25)(H,23,24)/t15?,16?,19-/m0/s1. The van der Waals surface area contributed by atoms with Gasteiger partial charge >= 0.3 is 0 Å². The first-order valence-electron chi connectivity index (χ1n) is 9.69. The number of hydrogen-bond acceptors (Lipinski definition) is 3. The normalized spacial score (nSPS) is 21.1. The molecule has 1 atom stereocenters. The van der Waals surface area contributed by atoms with Gasteiger partial charge in [0.15, 0.2) is 0 Å². The van der Waals surface area contributed by atoms with Gasteiger partial charge in [-0.15, -0.1) is 0 Å². The van der Waals surface area contributed by atoms with Crippen molar-refractivity contribution in [1.29, 1.82) is 0 Å². The molecule has 1 saturated carbocycles. The maximum Gasteiger partial charge on any atom is 0.247 e. The smallest absolute Gasteiger partial charge is 0.247 e. The minimum Gasteiger partial charge on any atom is -0.497 e. The van der Waals surface area contributed by atoms with Crippen molar-refractivity contribution in [2.45, 2.75) is 58.9 Å². The summed E-state index contributed by atoms with van der Waals surface area (Å²) in [5.41, 5.74) is 0.665. The zero-order valence-corrected chi connectivity index (χ0v) is 16.4. The molecule has 5 heteroatoms. The van der Waals surface area contributed by atoms with Crippen molar-refractivity contribution in [3.63, 3.8) is 0 Å². The van der Waals surface area contributed by atoms with E-state index in [2.05, 4.69) is 17.6 Å². The molecule has 0 unspecified atom stereocenters. The Hall–Kier alpha value is -2.04. The molecule has 0 bridgehead atoms. The van der Waals surface area contributed by atoms with E-state index in [1.165, 1.54) is 6.42 Å². The number of nitrogens with one attached hydrogen (secondary N) is 2. The Bertz CT molecular complexity index is 607. The second kappa shape index (κ2) is 9.60. The maximum absolute atomic E-state index is 12.7. The van der Waals surface area contributed by atoms with E-state index < -0.39 is 6.04 Å². The van der Waals surface area contributed by atoms with Gasteiger partial charge < -0.3 is 15.4 Å². The minimum absolute atomic E-state index is 0.0107. The summed E-state index contributed by atoms with van der Waals surface area (Å²) in [4.78, 5) is 25.4. The SMILES string of the molecule is CCC1CCC(C(=O)N[C@H](C(=O)Nc2cccc(OC)c2)C(C)C)CC1. The van der Waals surface area contributed by atoms with Crippen molar-refractivity contribution < 1.29 is 14.3 Å². The first-order valence-corrected chi connectivity index (χ1v) is 9.69. The first-order chi connectivity index (χ1) is 12.4. The summed E-state index contributed by atoms with van der Waals surface area (Å²) in [5, 5.41) is 5.87. The number of carbonyl (C=O) groups is 2. The molecule has 144 valence electrons. The van der Waals surface area contributed by atoms with Crippen molar-refractivity contribution in [3.8, 4) is 5.75 Å². The van der Waals surface area contributed by atoms with Gasteiger partial charge in [0.25, 0.3) is 0 Å². The van der Waals surface area contributed by atoms with Crippen LogP contribution in [0.5, 0.6) is 5.75 Å². The molecule has 2 amide bonds. The molecule has 1 aliphatic rings. The van der Waals surface area contributed by atoms with E-state index in [-0.39, 0.29) is 23.7 Å². The van der Waals surface area contributed by atoms with Gasteiger partial charge in [-0.3, -0.25) is 9.59 Å². The summed E-state index contributed by atoms with van der Waals surface area (Å²) in [6.45, 7) is 6.11. The summed E-state index contributed by atoms with van der Waals surface area (Å²) in [6.07, 6.45) is 5.25. The number of amides is 2. The number of ether oxygens (including phenoxy) is 1. The molecule has 0 saturated heterocycles. The molecule has 1 aromatic carbocycles. The molecule has 1 fully saturated rings. The quantitative estimate of drug-likeness (QED) is 0.772. The Morgan fingerprint density at radius 1 is 1.19 bits per heavy atom. The van der Waals surface area contributed by atoms with Gasteiger partial charge in [0.05, 0.1) is 7.11 Å². The van der Waals surface area contributed by atoms with Gasteiger partial charge in [-0.25, -0.2) is 0 Å². The Morgan fingerprint density at radius 2 is 1.88 bits per heavy atom. The Balaban J connectivity index is 1.96. The number of methoxy groups -OCH3 is 1. The number of rotatable bonds is 7. The molecule has 1 aliphatic carbocycles. The average molecular weight is 360 g/mol. The van der Waals surface area contributed by atoms with Crippen LogP contribution in [0.25, 0.3) is 0 Å². The predicted octanol–water partition coefficient (Wildman–Crippen LogP) is 3.99. The van der Waals surface area contributed by atoms with E-state index in [0.29, 0.717) is 11.4 Å². The third kappa shape index (κ3) is 5.48. The van der Waals surface area contributed by atoms with Gasteiger partial charge in [-0.05, 0) is 49.7 Å². The van der Waals surface area contributed by atoms with Crippen LogP contribution in [0.3, 0.4) is 0 Å². The Kier molecular flexibility index (Phi) is 7.49. The number of hydrogen-bond donors (Lipinski definition) is 2. The van der Waals surface area contributed by atoms with E-state index >= 15 is 0 Å². The van der Waals surface area contributed by atoms with E-state index in [4.69, 9.17) is 4.74 Å². The predicted molar refractivity (Wildman–Crippen MR) is 104 cm³/mol. The zero-order chi connectivity index (χ0) is 19.1. The zero-order valence-electron chi connectivity index (χ0n) is 16.4. The van der Waals surface area contributed by atoms with Crippen LogP contribution in [0.4, 0.5) is 5.69 Å². The van der Waals surface area contributed by atoms with Gasteiger partial charge in [-0.1, -0.05) is 33.3 Å². The van der Waals surface area contributed by atoms with Gasteiger partial charge in [-0.2, -0.15) is 0 Å². The third-order valence-electron chi connectivity index (χ3n) is 5.38. The number of carbonyl (C=O) groups excluding carboxylic acids is 2. The second-order valence-electron chi connectivity index (χ2n) is 7.58. The molecule has 26 heavy (non-hydrogen) atoms. The maximum atomic E-state index is 12.7. The third-order valence-corrected chi connectivity index (χ3v) is 5.38. The van der Waals surface area contributed by atoms with Crippen molar-refractivity contribution in [2.24, 2.45) is 17.8 Å². The van der Waals surface area contributed by atoms with E-state index in [1.54, 1.807) is 13.2 Å². The molecule has 1 aromatic rings. The fourth-order valence-electron chi connectivity index (χ4n) is 3.56. The van der Waals surface area contributed by atoms with Crippen LogP contribution < -0.4 is 15.4 Å². The van der Waals surface area contributed by atoms with Gasteiger partial charge in [0, 0.05) is 17.7 Å². The average Bonchev–Trinajstić information content (AvgIpc) is 2.65. The van der Waals surface area contributed by atoms with Crippen LogP contribution in [-0.4, -0.2) is 25.0 Å². The highest BCUT2D eigenvalue weighted by molar-refractivity contribution is 5.97. The van der Waals surface area contributed by atoms with Crippen LogP contribution >= 0.6 is 0 Å². The highest BCUT2D eigenvalue weighted by Crippen LogP contribution is 2.30. The van der Waals surface area contributed by atoms with Gasteiger partial charge in [0.2, 0.25) is 11.8 Å². The van der Waals surface area contributed by atoms with E-state index in [1.807, 2.05) is 32.0 Å². The van der Waals surface area contributed by atoms with Gasteiger partial charge in [0.1, 0.15) is 11.8 Å². The van der Waals surface area contributed by atoms with Crippen LogP contribution in [0, 0.1) is 17.8 Å². The minimum atomic E-state index is -0.544. The molecule has 0 aromatic heterocycles. The fraction of sp³-hybridized carbons (Fsp3) is 0.619. The lowest BCUT2D eigenvalue weighted by Crippen LogP contribution is -2.49. The van der Waals surface area contributed by atoms with Crippen molar-refractivity contribution in [3.05, 3.63) is 24.3 Å². The largest absolute Gasteiger partial charge is 0.497 e. The van der Waals surface area contributed by atoms with E-state index in [9.17, 15) is 9.59 Å². The molecule has 0 radical (unpaired) electrons. The van der Waals surface area contributed by atoms with E-state index in [0.717, 1.165) is 31.6 Å². The number of anilines is 1. The molecule has 2 N–H and O–H groups in total. The second-order valence-corrected chi connectivity index (χ2v) is 7.58. The monoisotopic (exact) mass is 360 g/mol. The summed E-state index contributed by atoms with van der Waals surface area (Å²) < 4.78 is 5.19. The molecular formula is C21H32N2O3. The molecule has 0 spiro atoms. The topological polar surface area (TPSA) is 67.4 Å². The first kappa shape index (κ1) is 20.3. The summed E-state index contributed by atoms with van der Waals surface area (Å²) in [5.74, 6) is 1.29. The lowest BCUT2D eigenvalue weighted by atomic mass is 9.80. The van der Waals surface area contributed by atoms with Crippen LogP contribution in [0.15, 0.2) is 24.3 Å². The summed E-state index contributed by atoms with van der Waals surface area (Å²) in [7, 11) is 1.59. The van der Waals surface area contributed by atoms with Crippen LogP contribution in [-0.2, 0) is 9.59 Å². The molecule has 0 aliphatic heterocycles. The summed E-state index contributed by atoms with van der Waals surface area (Å²) in [6, 6.07) is 6.68. The van der Waals surface area contributed by atoms with Crippen molar-refractivity contribution in [1.82, 2.24) is 5.32 Å². The van der Waals surface area contributed by atoms with Crippen molar-refractivity contribution in [2.75, 3.05) is 12.4 Å². The Morgan fingerprint density at radius 3 is 2.46 bits per heavy atom. The molecule has 5 nitrogen and oxygen atoms in total. The lowest BCUT2D eigenvalue weighted by molar-refractivity contribution is -0.131. The molecular weight excluding hydrogens is 328 g/mol. The highest BCUT2D eigenvalue weighted by Gasteiger charge is 2.30. The van der Waals surface area contributed by atoms with Crippen LogP contribution in [0.1, 0.15) is 52.9 Å². The van der Waals surface area contributed by atoms with Crippen LogP contribution in [0.2, 0.25) is 0 Å². The molecule has 0 heterocycles. The Labute approximate surface area is 156 Å². The molecule has 2 rings (SSSR count). The lowest BCUT2D eigenvalue weighted by Gasteiger charge is -2.29.